The van der Waals surface area contributed by atoms with E-state index in [2.05, 4.69) is 31.5 Å². The number of halogens is 1. The molecule has 1 fully saturated rings. The van der Waals surface area contributed by atoms with Gasteiger partial charge in [0, 0.05) is 23.3 Å². The van der Waals surface area contributed by atoms with Gasteiger partial charge in [-0.2, -0.15) is 0 Å². The van der Waals surface area contributed by atoms with Crippen molar-refractivity contribution >= 4 is 21.7 Å². The molecule has 2 N–H and O–H groups in total. The Morgan fingerprint density at radius 2 is 2.47 bits per heavy atom. The van der Waals surface area contributed by atoms with E-state index in [-0.39, 0.29) is 0 Å². The summed E-state index contributed by atoms with van der Waals surface area (Å²) >= 11 is 3.37. The third kappa shape index (κ3) is 3.47. The molecule has 0 spiro atoms. The molecular formula is C11H16BrN3. The zero-order valence-corrected chi connectivity index (χ0v) is 10.3. The van der Waals surface area contributed by atoms with Gasteiger partial charge in [0.05, 0.1) is 0 Å². The third-order valence-electron chi connectivity index (χ3n) is 2.69. The molecule has 2 heterocycles. The van der Waals surface area contributed by atoms with Crippen LogP contribution < -0.4 is 10.6 Å². The van der Waals surface area contributed by atoms with Gasteiger partial charge < -0.3 is 10.6 Å². The number of nitrogens with one attached hydrogen (secondary N) is 2. The van der Waals surface area contributed by atoms with E-state index >= 15 is 0 Å². The van der Waals surface area contributed by atoms with Crippen LogP contribution in [0.4, 0.5) is 5.82 Å². The molecule has 1 aliphatic rings. The second kappa shape index (κ2) is 5.47. The van der Waals surface area contributed by atoms with E-state index in [0.717, 1.165) is 16.8 Å². The van der Waals surface area contributed by atoms with Crippen molar-refractivity contribution in [2.75, 3.05) is 18.4 Å². The summed E-state index contributed by atoms with van der Waals surface area (Å²) in [6.45, 7) is 2.17. The van der Waals surface area contributed by atoms with Crippen LogP contribution in [0.2, 0.25) is 0 Å². The van der Waals surface area contributed by atoms with Gasteiger partial charge in [0.2, 0.25) is 0 Å². The molecule has 1 saturated heterocycles. The Labute approximate surface area is 98.8 Å². The molecule has 2 rings (SSSR count). The first-order valence-corrected chi connectivity index (χ1v) is 6.23. The minimum absolute atomic E-state index is 0.702. The van der Waals surface area contributed by atoms with Gasteiger partial charge in [-0.15, -0.1) is 0 Å². The maximum Gasteiger partial charge on any atom is 0.125 e. The van der Waals surface area contributed by atoms with E-state index in [1.165, 1.54) is 25.8 Å². The lowest BCUT2D eigenvalue weighted by molar-refractivity contribution is 0.574. The molecule has 0 saturated carbocycles. The summed E-state index contributed by atoms with van der Waals surface area (Å²) in [5.41, 5.74) is 0. The Morgan fingerprint density at radius 3 is 3.13 bits per heavy atom. The molecule has 3 nitrogen and oxygen atoms in total. The molecule has 82 valence electrons. The summed E-state index contributed by atoms with van der Waals surface area (Å²) in [4.78, 5) is 4.26. The number of hydrogen-bond acceptors (Lipinski definition) is 3. The number of nitrogens with zero attached hydrogens (tertiary/aromatic N) is 1. The highest BCUT2D eigenvalue weighted by atomic mass is 79.9. The predicted octanol–water partition coefficient (Wildman–Crippen LogP) is 2.40. The fourth-order valence-corrected chi connectivity index (χ4v) is 2.09. The van der Waals surface area contributed by atoms with Gasteiger partial charge in [-0.3, -0.25) is 0 Å². The van der Waals surface area contributed by atoms with Gasteiger partial charge in [0.15, 0.2) is 0 Å². The highest BCUT2D eigenvalue weighted by Crippen LogP contribution is 2.12. The maximum absolute atomic E-state index is 4.26. The standard InChI is InChI=1S/C11H16BrN3/c12-9-3-4-11(15-8-9)14-7-5-10-2-1-6-13-10/h3-4,8,10,13H,1-2,5-7H2,(H,14,15)/t10-/m1/s1. The van der Waals surface area contributed by atoms with Crippen molar-refractivity contribution < 1.29 is 0 Å². The quantitative estimate of drug-likeness (QED) is 0.882. The van der Waals surface area contributed by atoms with Crippen LogP contribution in [0.25, 0.3) is 0 Å². The SMILES string of the molecule is Brc1ccc(NCC[C@H]2CCCN2)nc1. The van der Waals surface area contributed by atoms with E-state index < -0.39 is 0 Å². The van der Waals surface area contributed by atoms with E-state index in [1.807, 2.05) is 18.3 Å². The minimum atomic E-state index is 0.702. The molecule has 4 heteroatoms. The summed E-state index contributed by atoms with van der Waals surface area (Å²) < 4.78 is 1.02. The summed E-state index contributed by atoms with van der Waals surface area (Å²) in [7, 11) is 0. The van der Waals surface area contributed by atoms with Gasteiger partial charge in [0.1, 0.15) is 5.82 Å². The Morgan fingerprint density at radius 1 is 1.53 bits per heavy atom. The van der Waals surface area contributed by atoms with Crippen molar-refractivity contribution in [3.63, 3.8) is 0 Å². The Bertz CT molecular complexity index is 293. The van der Waals surface area contributed by atoms with Crippen LogP contribution in [-0.2, 0) is 0 Å². The molecule has 0 radical (unpaired) electrons. The second-order valence-corrected chi connectivity index (χ2v) is 4.79. The van der Waals surface area contributed by atoms with Crippen LogP contribution >= 0.6 is 15.9 Å². The Hall–Kier alpha value is -0.610. The van der Waals surface area contributed by atoms with E-state index in [4.69, 9.17) is 0 Å². The highest BCUT2D eigenvalue weighted by molar-refractivity contribution is 9.10. The first-order valence-electron chi connectivity index (χ1n) is 5.43. The van der Waals surface area contributed by atoms with Crippen LogP contribution in [0, 0.1) is 0 Å². The fourth-order valence-electron chi connectivity index (χ4n) is 1.86. The van der Waals surface area contributed by atoms with Crippen LogP contribution in [0.1, 0.15) is 19.3 Å². The first-order chi connectivity index (χ1) is 7.34. The molecule has 0 aliphatic carbocycles. The van der Waals surface area contributed by atoms with Gasteiger partial charge in [-0.1, -0.05) is 0 Å². The molecule has 1 aliphatic heterocycles. The molecule has 0 aromatic carbocycles. The summed E-state index contributed by atoms with van der Waals surface area (Å²) in [5.74, 6) is 0.955. The minimum Gasteiger partial charge on any atom is -0.370 e. The number of aromatic nitrogens is 1. The van der Waals surface area contributed by atoms with Crippen molar-refractivity contribution in [1.29, 1.82) is 0 Å². The van der Waals surface area contributed by atoms with Gasteiger partial charge >= 0.3 is 0 Å². The largest absolute Gasteiger partial charge is 0.370 e. The number of hydrogen-bond donors (Lipinski definition) is 2. The highest BCUT2D eigenvalue weighted by Gasteiger charge is 2.12. The fraction of sp³-hybridized carbons (Fsp3) is 0.545. The van der Waals surface area contributed by atoms with Gasteiger partial charge in [-0.25, -0.2) is 4.98 Å². The molecule has 0 unspecified atom stereocenters. The van der Waals surface area contributed by atoms with Crippen molar-refractivity contribution in [2.24, 2.45) is 0 Å². The average Bonchev–Trinajstić information content (AvgIpc) is 2.74. The molecular weight excluding hydrogens is 254 g/mol. The average molecular weight is 270 g/mol. The van der Waals surface area contributed by atoms with Gasteiger partial charge in [0.25, 0.3) is 0 Å². The van der Waals surface area contributed by atoms with Crippen molar-refractivity contribution in [3.8, 4) is 0 Å². The number of anilines is 1. The molecule has 0 amide bonds. The van der Waals surface area contributed by atoms with Crippen molar-refractivity contribution in [2.45, 2.75) is 25.3 Å². The lowest BCUT2D eigenvalue weighted by Crippen LogP contribution is -2.24. The van der Waals surface area contributed by atoms with Crippen LogP contribution in [0.3, 0.4) is 0 Å². The monoisotopic (exact) mass is 269 g/mol. The summed E-state index contributed by atoms with van der Waals surface area (Å²) in [6, 6.07) is 4.70. The number of rotatable bonds is 4. The van der Waals surface area contributed by atoms with E-state index in [1.54, 1.807) is 0 Å². The summed E-state index contributed by atoms with van der Waals surface area (Å²) in [6.07, 6.45) is 5.63. The summed E-state index contributed by atoms with van der Waals surface area (Å²) in [5, 5.41) is 6.81. The smallest absolute Gasteiger partial charge is 0.125 e. The zero-order chi connectivity index (χ0) is 10.5. The molecule has 15 heavy (non-hydrogen) atoms. The Balaban J connectivity index is 1.71. The van der Waals surface area contributed by atoms with Crippen LogP contribution in [0.15, 0.2) is 22.8 Å². The molecule has 1 aromatic rings. The Kier molecular flexibility index (Phi) is 3.97. The normalized spacial score (nSPS) is 20.5. The van der Waals surface area contributed by atoms with Gasteiger partial charge in [-0.05, 0) is 53.9 Å². The van der Waals surface area contributed by atoms with Crippen LogP contribution in [0.5, 0.6) is 0 Å². The van der Waals surface area contributed by atoms with Crippen LogP contribution in [-0.4, -0.2) is 24.1 Å². The molecule has 1 atom stereocenters. The van der Waals surface area contributed by atoms with E-state index in [0.29, 0.717) is 6.04 Å². The van der Waals surface area contributed by atoms with Crippen molar-refractivity contribution in [1.82, 2.24) is 10.3 Å². The number of pyridine rings is 1. The topological polar surface area (TPSA) is 37.0 Å². The molecule has 0 bridgehead atoms. The first kappa shape index (κ1) is 10.9. The lowest BCUT2D eigenvalue weighted by Gasteiger charge is -2.10. The maximum atomic E-state index is 4.26. The molecule has 1 aromatic heterocycles. The zero-order valence-electron chi connectivity index (χ0n) is 8.67. The van der Waals surface area contributed by atoms with Crippen molar-refractivity contribution in [3.05, 3.63) is 22.8 Å². The third-order valence-corrected chi connectivity index (χ3v) is 3.16. The lowest BCUT2D eigenvalue weighted by atomic mass is 10.1. The second-order valence-electron chi connectivity index (χ2n) is 3.87. The predicted molar refractivity (Wildman–Crippen MR) is 66.1 cm³/mol. The van der Waals surface area contributed by atoms with E-state index in [9.17, 15) is 0 Å².